The number of aliphatic hydroxyl groups excluding tert-OH is 1. The molecule has 296 valence electrons. The Morgan fingerprint density at radius 3 is 1.94 bits per heavy atom. The lowest BCUT2D eigenvalue weighted by Crippen LogP contribution is -2.80. The molecule has 1 saturated heterocycles. The van der Waals surface area contributed by atoms with Crippen molar-refractivity contribution in [1.82, 2.24) is 0 Å². The number of carbonyl (C=O) groups is 3. The molecule has 4 aliphatic rings. The highest BCUT2D eigenvalue weighted by Crippen LogP contribution is 2.67. The number of esters is 2. The smallest absolute Gasteiger partial charge is 0.338 e. The average Bonchev–Trinajstić information content (AvgIpc) is 3.15. The molecule has 1 aromatic rings. The van der Waals surface area contributed by atoms with Crippen LogP contribution in [0.25, 0.3) is 0 Å². The molecule has 0 radical (unpaired) electrons. The summed E-state index contributed by atoms with van der Waals surface area (Å²) in [7, 11) is -3.70. The number of hydrogen-bond donors (Lipinski definition) is 2. The zero-order valence-electron chi connectivity index (χ0n) is 33.9. The van der Waals surface area contributed by atoms with Crippen LogP contribution in [0.4, 0.5) is 0 Å². The van der Waals surface area contributed by atoms with Crippen molar-refractivity contribution in [2.45, 2.75) is 154 Å². The van der Waals surface area contributed by atoms with Gasteiger partial charge in [0.15, 0.2) is 22.4 Å². The van der Waals surface area contributed by atoms with Crippen LogP contribution in [0.3, 0.4) is 0 Å². The van der Waals surface area contributed by atoms with Gasteiger partial charge in [-0.05, 0) is 73.4 Å². The molecule has 2 bridgehead atoms. The second kappa shape index (κ2) is 15.0. The minimum atomic E-state index is -2.56. The van der Waals surface area contributed by atoms with E-state index in [1.165, 1.54) is 7.11 Å². The van der Waals surface area contributed by atoms with Gasteiger partial charge in [0.1, 0.15) is 23.2 Å². The number of Topliss-reactive ketones (excluding diaryl/α,β-unsaturated/α-hetero) is 1. The number of hydrogen-bond acceptors (Lipinski definition) is 10. The van der Waals surface area contributed by atoms with E-state index in [1.807, 2.05) is 27.7 Å². The molecule has 12 heteroatoms. The molecule has 0 spiro atoms. The first-order valence-corrected chi connectivity index (χ1v) is 25.0. The Labute approximate surface area is 318 Å². The van der Waals surface area contributed by atoms with Gasteiger partial charge in [0.2, 0.25) is 0 Å². The highest BCUT2D eigenvalue weighted by molar-refractivity contribution is 6.74. The van der Waals surface area contributed by atoms with E-state index in [0.717, 1.165) is 36.3 Å². The van der Waals surface area contributed by atoms with Crippen molar-refractivity contribution in [1.29, 1.82) is 0 Å². The molecule has 1 unspecified atom stereocenters. The topological polar surface area (TPSA) is 138 Å². The monoisotopic (exact) mass is 772 g/mol. The molecule has 3 aliphatic carbocycles. The minimum Gasteiger partial charge on any atom is -0.468 e. The Morgan fingerprint density at radius 1 is 0.906 bits per heavy atom. The van der Waals surface area contributed by atoms with Gasteiger partial charge in [0.25, 0.3) is 0 Å². The molecule has 5 rings (SSSR count). The lowest BCUT2D eigenvalue weighted by Gasteiger charge is -2.68. The number of ether oxygens (including phenoxy) is 3. The molecule has 1 aliphatic heterocycles. The third-order valence-electron chi connectivity index (χ3n) is 14.8. The molecular formula is C41H64O10Si2. The first kappa shape index (κ1) is 42.0. The van der Waals surface area contributed by atoms with Crippen molar-refractivity contribution < 1.29 is 47.7 Å². The molecule has 3 fully saturated rings. The van der Waals surface area contributed by atoms with E-state index in [-0.39, 0.29) is 30.8 Å². The average molecular weight is 773 g/mol. The van der Waals surface area contributed by atoms with Crippen LogP contribution in [0.2, 0.25) is 36.3 Å². The Balaban J connectivity index is 1.92. The summed E-state index contributed by atoms with van der Waals surface area (Å²) in [6.45, 7) is 20.0. The fraction of sp³-hybridized carbons (Fsp3) is 0.732. The Kier molecular flexibility index (Phi) is 11.9. The molecule has 10 nitrogen and oxygen atoms in total. The summed E-state index contributed by atoms with van der Waals surface area (Å²) in [6.07, 6.45) is -5.22. The molecule has 2 saturated carbocycles. The zero-order valence-corrected chi connectivity index (χ0v) is 35.9. The van der Waals surface area contributed by atoms with Crippen LogP contribution in [-0.2, 0) is 32.7 Å². The van der Waals surface area contributed by atoms with Crippen LogP contribution in [0, 0.1) is 22.2 Å². The van der Waals surface area contributed by atoms with Gasteiger partial charge >= 0.3 is 11.9 Å². The van der Waals surface area contributed by atoms with Gasteiger partial charge in [-0.15, -0.1) is 0 Å². The predicted molar refractivity (Wildman–Crippen MR) is 207 cm³/mol. The van der Waals surface area contributed by atoms with Gasteiger partial charge in [-0.25, -0.2) is 4.79 Å². The van der Waals surface area contributed by atoms with E-state index in [9.17, 15) is 19.8 Å². The van der Waals surface area contributed by atoms with Gasteiger partial charge in [0, 0.05) is 24.2 Å². The molecule has 0 aromatic heterocycles. The normalized spacial score (nSPS) is 35.3. The van der Waals surface area contributed by atoms with Crippen LogP contribution >= 0.6 is 0 Å². The van der Waals surface area contributed by atoms with Gasteiger partial charge < -0.3 is 33.3 Å². The predicted octanol–water partition coefficient (Wildman–Crippen LogP) is 7.00. The number of rotatable bonds is 13. The highest BCUT2D eigenvalue weighted by atomic mass is 28.4. The summed E-state index contributed by atoms with van der Waals surface area (Å²) in [4.78, 5) is 45.1. The minimum absolute atomic E-state index is 0.0915. The third kappa shape index (κ3) is 6.17. The Hall–Kier alpha value is -2.20. The summed E-state index contributed by atoms with van der Waals surface area (Å²) in [5.41, 5.74) is -4.92. The number of fused-ring (bicyclic) bond motifs is 5. The van der Waals surface area contributed by atoms with Crippen molar-refractivity contribution in [2.75, 3.05) is 13.7 Å². The summed E-state index contributed by atoms with van der Waals surface area (Å²) in [5.74, 6) is -2.75. The maximum Gasteiger partial charge on any atom is 0.338 e. The van der Waals surface area contributed by atoms with Crippen LogP contribution < -0.4 is 0 Å². The Bertz CT molecular complexity index is 1550. The van der Waals surface area contributed by atoms with Crippen molar-refractivity contribution in [2.24, 2.45) is 22.2 Å². The van der Waals surface area contributed by atoms with Gasteiger partial charge in [0.05, 0.1) is 43.0 Å². The summed E-state index contributed by atoms with van der Waals surface area (Å²) in [6, 6.07) is 13.2. The zero-order chi connectivity index (χ0) is 39.4. The second-order valence-electron chi connectivity index (χ2n) is 16.8. The number of carbonyl (C=O) groups excluding carboxylic acids is 3. The summed E-state index contributed by atoms with van der Waals surface area (Å²) in [5, 5.41) is 25.5. The molecular weight excluding hydrogens is 709 g/mol. The van der Waals surface area contributed by atoms with Crippen LogP contribution in [0.5, 0.6) is 0 Å². The van der Waals surface area contributed by atoms with Crippen LogP contribution in [0.15, 0.2) is 41.5 Å². The Morgan fingerprint density at radius 2 is 1.45 bits per heavy atom. The SMILES string of the molecule is CC[Si](CC)(CC)O[C@H]1C(=O)[C@@]2(C)C([C@H](OC(=O)c3ccccc3)[C@]3(O)C[C@H](O)C(C)=C1C3(C)C)[C@]1(C(=O)OC)CO[C@@H]1C[C@@H]2O[Si](CC)(CC)CC. The summed E-state index contributed by atoms with van der Waals surface area (Å²) >= 11 is 0. The molecule has 1 aromatic carbocycles. The quantitative estimate of drug-likeness (QED) is 0.123. The van der Waals surface area contributed by atoms with Gasteiger partial charge in [-0.3, -0.25) is 9.59 Å². The van der Waals surface area contributed by atoms with Crippen molar-refractivity contribution in [3.63, 3.8) is 0 Å². The van der Waals surface area contributed by atoms with Crippen LogP contribution in [-0.4, -0.2) is 94.4 Å². The first-order valence-electron chi connectivity index (χ1n) is 19.9. The number of methoxy groups -OCH3 is 1. The van der Waals surface area contributed by atoms with E-state index < -0.39 is 86.9 Å². The molecule has 53 heavy (non-hydrogen) atoms. The largest absolute Gasteiger partial charge is 0.468 e. The molecule has 0 amide bonds. The van der Waals surface area contributed by atoms with Crippen molar-refractivity contribution in [3.8, 4) is 0 Å². The lowest BCUT2D eigenvalue weighted by atomic mass is 9.42. The fourth-order valence-electron chi connectivity index (χ4n) is 10.6. The third-order valence-corrected chi connectivity index (χ3v) is 24.1. The second-order valence-corrected chi connectivity index (χ2v) is 26.3. The standard InChI is InChI=1S/C41H64O10Si2/c1-12-52(13-2,14-3)50-29-23-30-40(25-48-30,37(45)47-11)33-35(49-36(44)27-21-19-18-20-22-27)41(46)24-28(42)26(7)31(38(41,8)9)32(34(43)39(29,33)10)51-53(15-4,16-5)17-6/h18-22,28-30,32-33,35,42,46H,12-17,23-25H2,1-11H3/t28-,29-,30+,32+,33?,35-,39+,40-,41+/m0/s1. The lowest BCUT2D eigenvalue weighted by molar-refractivity contribution is -0.312. The van der Waals surface area contributed by atoms with Gasteiger partial charge in [-0.2, -0.15) is 0 Å². The molecule has 9 atom stereocenters. The summed E-state index contributed by atoms with van der Waals surface area (Å²) < 4.78 is 33.1. The van der Waals surface area contributed by atoms with E-state index >= 15 is 4.79 Å². The van der Waals surface area contributed by atoms with Crippen LogP contribution in [0.1, 0.15) is 92.4 Å². The number of ketones is 1. The maximum atomic E-state index is 16.3. The van der Waals surface area contributed by atoms with Gasteiger partial charge in [-0.1, -0.05) is 73.6 Å². The van der Waals surface area contributed by atoms with Crippen molar-refractivity contribution in [3.05, 3.63) is 47.0 Å². The van der Waals surface area contributed by atoms with E-state index in [4.69, 9.17) is 23.1 Å². The number of benzene rings is 1. The maximum absolute atomic E-state index is 16.3. The van der Waals surface area contributed by atoms with E-state index in [0.29, 0.717) is 11.1 Å². The van der Waals surface area contributed by atoms with E-state index in [1.54, 1.807) is 30.3 Å². The highest BCUT2D eigenvalue weighted by Gasteiger charge is 2.79. The molecule has 1 heterocycles. The van der Waals surface area contributed by atoms with Crippen molar-refractivity contribution >= 4 is 34.4 Å². The fourth-order valence-corrected chi connectivity index (χ4v) is 16.3. The molecule has 2 N–H and O–H groups in total. The number of aliphatic hydroxyl groups is 2. The van der Waals surface area contributed by atoms with E-state index in [2.05, 4.69) is 41.5 Å². The first-order chi connectivity index (χ1) is 24.9.